The number of benzene rings is 1. The summed E-state index contributed by atoms with van der Waals surface area (Å²) in [7, 11) is 0. The fourth-order valence-corrected chi connectivity index (χ4v) is 1.90. The number of rotatable bonds is 2. The van der Waals surface area contributed by atoms with Gasteiger partial charge in [0.1, 0.15) is 12.5 Å². The van der Waals surface area contributed by atoms with E-state index in [1.807, 2.05) is 6.07 Å². The van der Waals surface area contributed by atoms with Crippen LogP contribution in [-0.4, -0.2) is 5.91 Å². The number of hydrogen-bond acceptors (Lipinski definition) is 3. The van der Waals surface area contributed by atoms with Crippen molar-refractivity contribution in [1.29, 1.82) is 10.5 Å². The average Bonchev–Trinajstić information content (AvgIpc) is 2.22. The van der Waals surface area contributed by atoms with E-state index >= 15 is 0 Å². The largest absolute Gasteiger partial charge is 0.323 e. The van der Waals surface area contributed by atoms with Gasteiger partial charge in [-0.2, -0.15) is 10.5 Å². The summed E-state index contributed by atoms with van der Waals surface area (Å²) in [6.07, 6.45) is -0.280. The predicted octanol–water partition coefficient (Wildman–Crippen LogP) is 2.83. The van der Waals surface area contributed by atoms with Crippen molar-refractivity contribution < 1.29 is 4.79 Å². The Hall–Kier alpha value is -1.56. The maximum atomic E-state index is 11.2. The average molecular weight is 299 g/mol. The van der Waals surface area contributed by atoms with Gasteiger partial charge in [-0.05, 0) is 12.1 Å². The minimum absolute atomic E-state index is 0.229. The molecule has 80 valence electrons. The molecule has 0 aliphatic heterocycles. The van der Waals surface area contributed by atoms with Gasteiger partial charge in [-0.3, -0.25) is 4.79 Å². The second-order valence-electron chi connectivity index (χ2n) is 2.81. The predicted molar refractivity (Wildman–Crippen MR) is 62.7 cm³/mol. The molecule has 0 aliphatic carbocycles. The third kappa shape index (κ3) is 2.96. The maximum Gasteiger partial charge on any atom is 0.238 e. The van der Waals surface area contributed by atoms with Gasteiger partial charge in [0.25, 0.3) is 0 Å². The normalized spacial score (nSPS) is 9.00. The zero-order valence-corrected chi connectivity index (χ0v) is 10.3. The van der Waals surface area contributed by atoms with Crippen LogP contribution in [0.25, 0.3) is 0 Å². The lowest BCUT2D eigenvalue weighted by molar-refractivity contribution is -0.115. The highest BCUT2D eigenvalue weighted by atomic mass is 79.9. The molecule has 0 radical (unpaired) electrons. The minimum atomic E-state index is -0.497. The van der Waals surface area contributed by atoms with Gasteiger partial charge in [-0.1, -0.05) is 27.5 Å². The van der Waals surface area contributed by atoms with Crippen molar-refractivity contribution in [3.8, 4) is 12.1 Å². The quantitative estimate of drug-likeness (QED) is 0.912. The third-order valence-electron chi connectivity index (χ3n) is 1.68. The van der Waals surface area contributed by atoms with E-state index in [9.17, 15) is 4.79 Å². The lowest BCUT2D eigenvalue weighted by Crippen LogP contribution is -2.11. The Morgan fingerprint density at radius 1 is 1.50 bits per heavy atom. The molecule has 6 heteroatoms. The van der Waals surface area contributed by atoms with Gasteiger partial charge in [0.05, 0.1) is 22.3 Å². The molecule has 0 spiro atoms. The van der Waals surface area contributed by atoms with E-state index in [0.717, 1.165) is 0 Å². The Morgan fingerprint density at radius 2 is 2.19 bits per heavy atom. The molecule has 1 aromatic carbocycles. The Bertz CT molecular complexity index is 516. The van der Waals surface area contributed by atoms with E-state index < -0.39 is 5.91 Å². The van der Waals surface area contributed by atoms with Crippen molar-refractivity contribution in [1.82, 2.24) is 0 Å². The topological polar surface area (TPSA) is 76.7 Å². The summed E-state index contributed by atoms with van der Waals surface area (Å²) in [6.45, 7) is 0. The van der Waals surface area contributed by atoms with Crippen LogP contribution in [0, 0.1) is 22.7 Å². The number of carbonyl (C=O) groups is 1. The molecule has 0 aromatic heterocycles. The Labute approximate surface area is 106 Å². The van der Waals surface area contributed by atoms with Crippen molar-refractivity contribution in [2.24, 2.45) is 0 Å². The van der Waals surface area contributed by atoms with Gasteiger partial charge in [0, 0.05) is 4.47 Å². The molecule has 1 aromatic rings. The van der Waals surface area contributed by atoms with Gasteiger partial charge in [0.2, 0.25) is 5.91 Å². The molecule has 0 aliphatic rings. The molecule has 0 saturated carbocycles. The first-order valence-electron chi connectivity index (χ1n) is 4.14. The van der Waals surface area contributed by atoms with Crippen LogP contribution in [0.2, 0.25) is 5.02 Å². The highest BCUT2D eigenvalue weighted by Gasteiger charge is 2.11. The Balaban J connectivity index is 3.10. The highest BCUT2D eigenvalue weighted by molar-refractivity contribution is 9.10. The first-order valence-corrected chi connectivity index (χ1v) is 5.31. The summed E-state index contributed by atoms with van der Waals surface area (Å²) in [6, 6.07) is 6.72. The Kier molecular flexibility index (Phi) is 4.30. The number of anilines is 1. The molecule has 4 nitrogen and oxygen atoms in total. The summed E-state index contributed by atoms with van der Waals surface area (Å²) in [5.41, 5.74) is 0.471. The van der Waals surface area contributed by atoms with Gasteiger partial charge in [-0.25, -0.2) is 0 Å². The summed E-state index contributed by atoms with van der Waals surface area (Å²) in [4.78, 5) is 11.2. The van der Waals surface area contributed by atoms with E-state index in [1.54, 1.807) is 12.1 Å². The number of halogens is 2. The summed E-state index contributed by atoms with van der Waals surface area (Å²) >= 11 is 9.06. The first kappa shape index (κ1) is 12.5. The van der Waals surface area contributed by atoms with Crippen LogP contribution in [0.15, 0.2) is 16.6 Å². The number of amides is 1. The second kappa shape index (κ2) is 5.50. The van der Waals surface area contributed by atoms with Crippen molar-refractivity contribution in [3.63, 3.8) is 0 Å². The van der Waals surface area contributed by atoms with Crippen LogP contribution in [0.5, 0.6) is 0 Å². The van der Waals surface area contributed by atoms with Gasteiger partial charge >= 0.3 is 0 Å². The molecule has 0 fully saturated rings. The van der Waals surface area contributed by atoms with Crippen LogP contribution in [-0.2, 0) is 4.79 Å². The van der Waals surface area contributed by atoms with Crippen molar-refractivity contribution in [3.05, 3.63) is 27.2 Å². The van der Waals surface area contributed by atoms with Gasteiger partial charge in [0.15, 0.2) is 0 Å². The first-order chi connectivity index (χ1) is 7.58. The SMILES string of the molecule is N#CCC(=O)Nc1c(Cl)cc(Br)cc1C#N. The zero-order valence-electron chi connectivity index (χ0n) is 7.92. The molecule has 16 heavy (non-hydrogen) atoms. The number of nitrogens with zero attached hydrogens (tertiary/aromatic N) is 2. The summed E-state index contributed by atoms with van der Waals surface area (Å²) in [5, 5.41) is 19.9. The van der Waals surface area contributed by atoms with Crippen molar-refractivity contribution in [2.45, 2.75) is 6.42 Å². The van der Waals surface area contributed by atoms with E-state index in [1.165, 1.54) is 6.07 Å². The Morgan fingerprint density at radius 3 is 2.75 bits per heavy atom. The lowest BCUT2D eigenvalue weighted by Gasteiger charge is -2.08. The van der Waals surface area contributed by atoms with E-state index in [4.69, 9.17) is 22.1 Å². The monoisotopic (exact) mass is 297 g/mol. The zero-order chi connectivity index (χ0) is 12.1. The minimum Gasteiger partial charge on any atom is -0.323 e. The van der Waals surface area contributed by atoms with Crippen LogP contribution < -0.4 is 5.32 Å². The fourth-order valence-electron chi connectivity index (χ4n) is 1.04. The molecule has 0 heterocycles. The highest BCUT2D eigenvalue weighted by Crippen LogP contribution is 2.29. The summed E-state index contributed by atoms with van der Waals surface area (Å²) in [5.74, 6) is -0.497. The van der Waals surface area contributed by atoms with Crippen LogP contribution in [0.4, 0.5) is 5.69 Å². The lowest BCUT2D eigenvalue weighted by atomic mass is 10.2. The molecule has 1 amide bonds. The van der Waals surface area contributed by atoms with Gasteiger partial charge in [-0.15, -0.1) is 0 Å². The van der Waals surface area contributed by atoms with Crippen LogP contribution >= 0.6 is 27.5 Å². The molecule has 1 N–H and O–H groups in total. The smallest absolute Gasteiger partial charge is 0.238 e. The van der Waals surface area contributed by atoms with E-state index in [-0.39, 0.29) is 22.7 Å². The molecule has 0 unspecified atom stereocenters. The van der Waals surface area contributed by atoms with Crippen LogP contribution in [0.3, 0.4) is 0 Å². The van der Waals surface area contributed by atoms with E-state index in [2.05, 4.69) is 21.2 Å². The molecule has 0 bridgehead atoms. The number of nitrogens with one attached hydrogen (secondary N) is 1. The standard InChI is InChI=1S/C10H5BrClN3O/c11-7-3-6(5-14)10(8(12)4-7)15-9(16)1-2-13/h3-4H,1H2,(H,15,16). The van der Waals surface area contributed by atoms with Crippen LogP contribution in [0.1, 0.15) is 12.0 Å². The van der Waals surface area contributed by atoms with Crippen molar-refractivity contribution in [2.75, 3.05) is 5.32 Å². The third-order valence-corrected chi connectivity index (χ3v) is 2.44. The summed E-state index contributed by atoms with van der Waals surface area (Å²) < 4.78 is 0.646. The number of nitriles is 2. The molecule has 0 atom stereocenters. The molecular formula is C10H5BrClN3O. The molecular weight excluding hydrogens is 293 g/mol. The van der Waals surface area contributed by atoms with E-state index in [0.29, 0.717) is 4.47 Å². The van der Waals surface area contributed by atoms with Crippen molar-refractivity contribution >= 4 is 39.1 Å². The molecule has 1 rings (SSSR count). The van der Waals surface area contributed by atoms with Gasteiger partial charge < -0.3 is 5.32 Å². The number of hydrogen-bond donors (Lipinski definition) is 1. The number of carbonyl (C=O) groups excluding carboxylic acids is 1. The second-order valence-corrected chi connectivity index (χ2v) is 4.13. The maximum absolute atomic E-state index is 11.2. The fraction of sp³-hybridized carbons (Fsp3) is 0.100. The molecule has 0 saturated heterocycles.